The molecule has 0 aromatic heterocycles. The predicted molar refractivity (Wildman–Crippen MR) is 77.4 cm³/mol. The van der Waals surface area contributed by atoms with E-state index in [1.807, 2.05) is 19.2 Å². The number of rotatable bonds is 5. The van der Waals surface area contributed by atoms with Gasteiger partial charge in [0.05, 0.1) is 7.11 Å². The van der Waals surface area contributed by atoms with Gasteiger partial charge in [0.2, 0.25) is 0 Å². The van der Waals surface area contributed by atoms with Gasteiger partial charge in [0.15, 0.2) is 0 Å². The minimum absolute atomic E-state index is 0.520. The van der Waals surface area contributed by atoms with Crippen molar-refractivity contribution in [3.63, 3.8) is 0 Å². The number of hydrogen-bond donors (Lipinski definition) is 1. The van der Waals surface area contributed by atoms with Gasteiger partial charge in [-0.15, -0.1) is 0 Å². The maximum absolute atomic E-state index is 5.37. The van der Waals surface area contributed by atoms with Gasteiger partial charge in [-0.05, 0) is 31.2 Å². The molecular weight excluding hydrogens is 278 g/mol. The molecule has 0 fully saturated rings. The Bertz CT molecular complexity index is 399. The van der Waals surface area contributed by atoms with Crippen LogP contribution in [0.15, 0.2) is 28.2 Å². The molecule has 0 heterocycles. The number of benzene rings is 1. The number of likely N-dealkylation sites (N-methyl/N-ethyl adjacent to an activating group) is 1. The standard InChI is InChI=1S/C14H20BrNO/c1-10(2)12(9-16-3)7-11-8-13(15)5-6-14(11)17-4/h5-8,10,16H,9H2,1-4H3. The van der Waals surface area contributed by atoms with Crippen LogP contribution in [0.2, 0.25) is 0 Å². The van der Waals surface area contributed by atoms with E-state index in [1.54, 1.807) is 7.11 Å². The molecule has 0 aliphatic carbocycles. The van der Waals surface area contributed by atoms with Crippen molar-refractivity contribution in [2.24, 2.45) is 5.92 Å². The molecule has 1 aromatic carbocycles. The average Bonchev–Trinajstić information content (AvgIpc) is 2.28. The third kappa shape index (κ3) is 4.17. The summed E-state index contributed by atoms with van der Waals surface area (Å²) in [4.78, 5) is 0. The molecule has 1 N–H and O–H groups in total. The van der Waals surface area contributed by atoms with Crippen molar-refractivity contribution >= 4 is 22.0 Å². The normalized spacial score (nSPS) is 12.0. The summed E-state index contributed by atoms with van der Waals surface area (Å²) in [5, 5.41) is 3.20. The summed E-state index contributed by atoms with van der Waals surface area (Å²) < 4.78 is 6.44. The van der Waals surface area contributed by atoms with Crippen molar-refractivity contribution in [2.75, 3.05) is 20.7 Å². The molecule has 0 amide bonds. The molecule has 3 heteroatoms. The first-order valence-corrected chi connectivity index (χ1v) is 6.56. The first kappa shape index (κ1) is 14.3. The molecule has 0 aliphatic heterocycles. The quantitative estimate of drug-likeness (QED) is 0.894. The Hall–Kier alpha value is -0.800. The summed E-state index contributed by atoms with van der Waals surface area (Å²) in [5.74, 6) is 1.42. The van der Waals surface area contributed by atoms with E-state index in [2.05, 4.69) is 47.2 Å². The van der Waals surface area contributed by atoms with Gasteiger partial charge in [0.25, 0.3) is 0 Å². The molecule has 0 saturated carbocycles. The zero-order valence-corrected chi connectivity index (χ0v) is 12.5. The topological polar surface area (TPSA) is 21.3 Å². The smallest absolute Gasteiger partial charge is 0.126 e. The number of halogens is 1. The van der Waals surface area contributed by atoms with Crippen LogP contribution in [-0.4, -0.2) is 20.7 Å². The fourth-order valence-electron chi connectivity index (χ4n) is 1.64. The molecule has 1 rings (SSSR count). The van der Waals surface area contributed by atoms with Crippen molar-refractivity contribution in [2.45, 2.75) is 13.8 Å². The minimum atomic E-state index is 0.520. The fraction of sp³-hybridized carbons (Fsp3) is 0.429. The van der Waals surface area contributed by atoms with Gasteiger partial charge in [-0.25, -0.2) is 0 Å². The first-order valence-electron chi connectivity index (χ1n) is 5.77. The van der Waals surface area contributed by atoms with Crippen molar-refractivity contribution in [1.29, 1.82) is 0 Å². The Morgan fingerprint density at radius 1 is 1.47 bits per heavy atom. The third-order valence-corrected chi connectivity index (χ3v) is 3.15. The zero-order valence-electron chi connectivity index (χ0n) is 10.9. The molecule has 0 atom stereocenters. The lowest BCUT2D eigenvalue weighted by molar-refractivity contribution is 0.413. The van der Waals surface area contributed by atoms with Crippen LogP contribution in [0.3, 0.4) is 0 Å². The lowest BCUT2D eigenvalue weighted by Gasteiger charge is -2.13. The minimum Gasteiger partial charge on any atom is -0.496 e. The Balaban J connectivity index is 3.12. The predicted octanol–water partition coefficient (Wildman–Crippen LogP) is 3.72. The van der Waals surface area contributed by atoms with E-state index in [9.17, 15) is 0 Å². The summed E-state index contributed by atoms with van der Waals surface area (Å²) in [6.45, 7) is 5.30. The van der Waals surface area contributed by atoms with Crippen LogP contribution >= 0.6 is 15.9 Å². The highest BCUT2D eigenvalue weighted by atomic mass is 79.9. The second-order valence-corrected chi connectivity index (χ2v) is 5.21. The van der Waals surface area contributed by atoms with Crippen LogP contribution in [-0.2, 0) is 0 Å². The van der Waals surface area contributed by atoms with Crippen LogP contribution in [0, 0.1) is 5.92 Å². The molecule has 2 nitrogen and oxygen atoms in total. The van der Waals surface area contributed by atoms with Crippen LogP contribution < -0.4 is 10.1 Å². The van der Waals surface area contributed by atoms with Gasteiger partial charge >= 0.3 is 0 Å². The Labute approximate surface area is 112 Å². The largest absolute Gasteiger partial charge is 0.496 e. The van der Waals surface area contributed by atoms with Crippen molar-refractivity contribution < 1.29 is 4.74 Å². The highest BCUT2D eigenvalue weighted by molar-refractivity contribution is 9.10. The molecule has 0 saturated heterocycles. The van der Waals surface area contributed by atoms with Crippen LogP contribution in [0.4, 0.5) is 0 Å². The van der Waals surface area contributed by atoms with Crippen LogP contribution in [0.25, 0.3) is 6.08 Å². The summed E-state index contributed by atoms with van der Waals surface area (Å²) in [5.41, 5.74) is 2.48. The fourth-order valence-corrected chi connectivity index (χ4v) is 2.02. The second-order valence-electron chi connectivity index (χ2n) is 4.29. The van der Waals surface area contributed by atoms with Gasteiger partial charge in [0, 0.05) is 16.6 Å². The van der Waals surface area contributed by atoms with Crippen LogP contribution in [0.5, 0.6) is 5.75 Å². The van der Waals surface area contributed by atoms with E-state index in [1.165, 1.54) is 5.57 Å². The molecule has 0 bridgehead atoms. The van der Waals surface area contributed by atoms with E-state index >= 15 is 0 Å². The average molecular weight is 298 g/mol. The number of methoxy groups -OCH3 is 1. The van der Waals surface area contributed by atoms with Crippen molar-refractivity contribution in [3.8, 4) is 5.75 Å². The highest BCUT2D eigenvalue weighted by Crippen LogP contribution is 2.26. The Kier molecular flexibility index (Phi) is 5.72. The van der Waals surface area contributed by atoms with E-state index in [4.69, 9.17) is 4.74 Å². The molecule has 17 heavy (non-hydrogen) atoms. The number of ether oxygens (including phenoxy) is 1. The molecule has 94 valence electrons. The molecule has 0 unspecified atom stereocenters. The summed E-state index contributed by atoms with van der Waals surface area (Å²) in [7, 11) is 3.67. The zero-order chi connectivity index (χ0) is 12.8. The summed E-state index contributed by atoms with van der Waals surface area (Å²) in [6, 6.07) is 6.05. The molecule has 0 aliphatic rings. The highest BCUT2D eigenvalue weighted by Gasteiger charge is 2.06. The summed E-state index contributed by atoms with van der Waals surface area (Å²) in [6.07, 6.45) is 2.20. The van der Waals surface area contributed by atoms with Gasteiger partial charge in [-0.2, -0.15) is 0 Å². The maximum atomic E-state index is 5.37. The number of nitrogens with one attached hydrogen (secondary N) is 1. The third-order valence-electron chi connectivity index (χ3n) is 2.66. The van der Waals surface area contributed by atoms with Gasteiger partial charge in [-0.3, -0.25) is 0 Å². The lowest BCUT2D eigenvalue weighted by atomic mass is 10.00. The molecule has 1 aromatic rings. The molecular formula is C14H20BrNO. The van der Waals surface area contributed by atoms with E-state index in [0.29, 0.717) is 5.92 Å². The van der Waals surface area contributed by atoms with Gasteiger partial charge in [-0.1, -0.05) is 41.4 Å². The van der Waals surface area contributed by atoms with Crippen molar-refractivity contribution in [1.82, 2.24) is 5.32 Å². The molecule has 0 spiro atoms. The van der Waals surface area contributed by atoms with E-state index in [-0.39, 0.29) is 0 Å². The SMILES string of the molecule is CNCC(=Cc1cc(Br)ccc1OC)C(C)C. The Morgan fingerprint density at radius 3 is 2.71 bits per heavy atom. The molecule has 0 radical (unpaired) electrons. The van der Waals surface area contributed by atoms with Gasteiger partial charge < -0.3 is 10.1 Å². The van der Waals surface area contributed by atoms with Gasteiger partial charge in [0.1, 0.15) is 5.75 Å². The van der Waals surface area contributed by atoms with E-state index in [0.717, 1.165) is 22.3 Å². The number of hydrogen-bond acceptors (Lipinski definition) is 2. The van der Waals surface area contributed by atoms with Crippen molar-refractivity contribution in [3.05, 3.63) is 33.8 Å². The second kappa shape index (κ2) is 6.82. The lowest BCUT2D eigenvalue weighted by Crippen LogP contribution is -2.13. The first-order chi connectivity index (χ1) is 8.08. The monoisotopic (exact) mass is 297 g/mol. The maximum Gasteiger partial charge on any atom is 0.126 e. The van der Waals surface area contributed by atoms with Crippen LogP contribution in [0.1, 0.15) is 19.4 Å². The van der Waals surface area contributed by atoms with E-state index < -0.39 is 0 Å². The Morgan fingerprint density at radius 2 is 2.18 bits per heavy atom. The summed E-state index contributed by atoms with van der Waals surface area (Å²) >= 11 is 3.49.